The van der Waals surface area contributed by atoms with E-state index in [4.69, 9.17) is 0 Å². The van der Waals surface area contributed by atoms with Crippen LogP contribution >= 0.6 is 0 Å². The number of anilines is 1. The topological polar surface area (TPSA) is 119 Å². The molecule has 9 nitrogen and oxygen atoms in total. The van der Waals surface area contributed by atoms with E-state index in [1.807, 2.05) is 0 Å². The summed E-state index contributed by atoms with van der Waals surface area (Å²) in [5.74, 6) is -1.05. The number of aromatic amines is 1. The maximum absolute atomic E-state index is 11.8. The first kappa shape index (κ1) is 13.5. The Labute approximate surface area is 112 Å². The maximum atomic E-state index is 11.8. The molecule has 20 heavy (non-hydrogen) atoms. The molecule has 2 aromatic rings. The number of rotatable bonds is 3. The van der Waals surface area contributed by atoms with Crippen LogP contribution in [0.3, 0.4) is 0 Å². The summed E-state index contributed by atoms with van der Waals surface area (Å²) in [6.07, 6.45) is 1.27. The van der Waals surface area contributed by atoms with Crippen LogP contribution < -0.4 is 11.0 Å². The molecule has 0 aliphatic rings. The van der Waals surface area contributed by atoms with Crippen LogP contribution in [0.2, 0.25) is 0 Å². The molecule has 0 fully saturated rings. The van der Waals surface area contributed by atoms with Gasteiger partial charge in [-0.3, -0.25) is 9.78 Å². The summed E-state index contributed by atoms with van der Waals surface area (Å²) in [5.41, 5.74) is -0.235. The number of ether oxygens (including phenoxy) is 1. The molecule has 2 aromatic heterocycles. The number of methoxy groups -OCH3 is 1. The van der Waals surface area contributed by atoms with Crippen LogP contribution in [0.1, 0.15) is 21.0 Å². The van der Waals surface area contributed by atoms with E-state index < -0.39 is 17.6 Å². The molecule has 0 radical (unpaired) electrons. The number of hydrogen-bond acceptors (Lipinski definition) is 6. The van der Waals surface area contributed by atoms with Gasteiger partial charge in [0.25, 0.3) is 5.91 Å². The predicted octanol–water partition coefficient (Wildman–Crippen LogP) is -0.458. The molecule has 2 heterocycles. The second-order valence-corrected chi connectivity index (χ2v) is 3.78. The second kappa shape index (κ2) is 5.34. The fraction of sp³-hybridized carbons (Fsp3) is 0.182. The van der Waals surface area contributed by atoms with E-state index in [2.05, 4.69) is 25.1 Å². The lowest BCUT2D eigenvalue weighted by atomic mass is 10.3. The lowest BCUT2D eigenvalue weighted by Crippen LogP contribution is -2.16. The summed E-state index contributed by atoms with van der Waals surface area (Å²) in [5, 5.41) is 6.13. The molecule has 2 rings (SSSR count). The molecule has 0 aliphatic heterocycles. The summed E-state index contributed by atoms with van der Waals surface area (Å²) >= 11 is 0. The zero-order valence-electron chi connectivity index (χ0n) is 10.7. The number of hydrogen-bond donors (Lipinski definition) is 2. The first-order chi connectivity index (χ1) is 9.51. The van der Waals surface area contributed by atoms with Gasteiger partial charge in [0.05, 0.1) is 12.7 Å². The Morgan fingerprint density at radius 3 is 2.65 bits per heavy atom. The molecule has 104 valence electrons. The molecule has 0 unspecified atom stereocenters. The minimum atomic E-state index is -0.610. The number of nitrogens with zero attached hydrogens (tertiary/aromatic N) is 3. The fourth-order valence-corrected chi connectivity index (χ4v) is 1.39. The van der Waals surface area contributed by atoms with Gasteiger partial charge in [0, 0.05) is 13.2 Å². The van der Waals surface area contributed by atoms with Crippen molar-refractivity contribution < 1.29 is 14.3 Å². The molecule has 0 bridgehead atoms. The average molecular weight is 277 g/mol. The van der Waals surface area contributed by atoms with Crippen LogP contribution in [0.5, 0.6) is 0 Å². The third kappa shape index (κ3) is 2.71. The van der Waals surface area contributed by atoms with Gasteiger partial charge in [-0.2, -0.15) is 0 Å². The van der Waals surface area contributed by atoms with Gasteiger partial charge in [0.2, 0.25) is 5.82 Å². The monoisotopic (exact) mass is 277 g/mol. The molecular weight excluding hydrogens is 266 g/mol. The average Bonchev–Trinajstić information content (AvgIpc) is 2.79. The van der Waals surface area contributed by atoms with E-state index in [0.29, 0.717) is 0 Å². The Morgan fingerprint density at radius 1 is 1.40 bits per heavy atom. The number of carbonyl (C=O) groups excluding carboxylic acids is 2. The highest BCUT2D eigenvalue weighted by Gasteiger charge is 2.13. The van der Waals surface area contributed by atoms with Crippen molar-refractivity contribution in [1.82, 2.24) is 19.7 Å². The molecule has 9 heteroatoms. The van der Waals surface area contributed by atoms with E-state index in [-0.39, 0.29) is 17.2 Å². The highest BCUT2D eigenvalue weighted by Crippen LogP contribution is 2.06. The molecule has 0 aliphatic carbocycles. The lowest BCUT2D eigenvalue weighted by Gasteiger charge is -2.03. The van der Waals surface area contributed by atoms with Crippen LogP contribution in [0, 0.1) is 0 Å². The number of nitrogens with one attached hydrogen (secondary N) is 2. The first-order valence-corrected chi connectivity index (χ1v) is 5.50. The number of aromatic nitrogens is 4. The molecule has 0 spiro atoms. The normalized spacial score (nSPS) is 10.1. The van der Waals surface area contributed by atoms with Crippen molar-refractivity contribution in [2.75, 3.05) is 12.4 Å². The number of H-pyrrole nitrogens is 1. The van der Waals surface area contributed by atoms with Crippen molar-refractivity contribution in [2.45, 2.75) is 0 Å². The van der Waals surface area contributed by atoms with Gasteiger partial charge in [-0.05, 0) is 12.1 Å². The number of carbonyl (C=O) groups is 2. The van der Waals surface area contributed by atoms with Crippen LogP contribution in [0.15, 0.2) is 23.1 Å². The van der Waals surface area contributed by atoms with Gasteiger partial charge in [-0.25, -0.2) is 19.3 Å². The molecule has 0 saturated heterocycles. The number of esters is 1. The fourth-order valence-electron chi connectivity index (χ4n) is 1.39. The third-order valence-corrected chi connectivity index (χ3v) is 2.41. The van der Waals surface area contributed by atoms with Gasteiger partial charge < -0.3 is 10.1 Å². The Kier molecular flexibility index (Phi) is 3.60. The molecule has 0 atom stereocenters. The number of amides is 1. The predicted molar refractivity (Wildman–Crippen MR) is 67.4 cm³/mol. The van der Waals surface area contributed by atoms with Gasteiger partial charge in [0.15, 0.2) is 0 Å². The van der Waals surface area contributed by atoms with E-state index in [9.17, 15) is 14.4 Å². The van der Waals surface area contributed by atoms with Gasteiger partial charge in [-0.1, -0.05) is 0 Å². The van der Waals surface area contributed by atoms with E-state index in [1.165, 1.54) is 32.5 Å². The third-order valence-electron chi connectivity index (χ3n) is 2.41. The summed E-state index contributed by atoms with van der Waals surface area (Å²) in [6, 6.07) is 2.89. The van der Waals surface area contributed by atoms with Crippen molar-refractivity contribution in [1.29, 1.82) is 0 Å². The summed E-state index contributed by atoms with van der Waals surface area (Å²) in [7, 11) is 2.68. The standard InChI is InChI=1S/C11H11N5O4/c1-16-11(19)14-8(15-16)9(17)13-7-4-3-6(5-12-7)10(18)20-2/h3-5H,1-2H3,(H,12,13,17)(H,14,15,19). The largest absolute Gasteiger partial charge is 0.465 e. The van der Waals surface area contributed by atoms with Crippen molar-refractivity contribution in [3.8, 4) is 0 Å². The Bertz CT molecular complexity index is 700. The van der Waals surface area contributed by atoms with E-state index in [0.717, 1.165) is 4.68 Å². The quantitative estimate of drug-likeness (QED) is 0.733. The maximum Gasteiger partial charge on any atom is 0.343 e. The highest BCUT2D eigenvalue weighted by molar-refractivity contribution is 6.01. The van der Waals surface area contributed by atoms with Gasteiger partial charge >= 0.3 is 11.7 Å². The molecule has 0 saturated carbocycles. The highest BCUT2D eigenvalue weighted by atomic mass is 16.5. The minimum Gasteiger partial charge on any atom is -0.465 e. The molecule has 0 aromatic carbocycles. The van der Waals surface area contributed by atoms with E-state index >= 15 is 0 Å². The summed E-state index contributed by atoms with van der Waals surface area (Å²) in [4.78, 5) is 40.3. The number of aryl methyl sites for hydroxylation is 1. The van der Waals surface area contributed by atoms with Crippen LogP contribution in [0.25, 0.3) is 0 Å². The SMILES string of the molecule is COC(=O)c1ccc(NC(=O)c2nn(C)c(=O)[nH]2)nc1. The Hall–Kier alpha value is -2.97. The van der Waals surface area contributed by atoms with Crippen molar-refractivity contribution >= 4 is 17.7 Å². The minimum absolute atomic E-state index is 0.128. The van der Waals surface area contributed by atoms with Gasteiger partial charge in [-0.15, -0.1) is 5.10 Å². The van der Waals surface area contributed by atoms with Crippen LogP contribution in [0.4, 0.5) is 5.82 Å². The van der Waals surface area contributed by atoms with Crippen LogP contribution in [-0.4, -0.2) is 38.7 Å². The Morgan fingerprint density at radius 2 is 2.15 bits per heavy atom. The smallest absolute Gasteiger partial charge is 0.343 e. The summed E-state index contributed by atoms with van der Waals surface area (Å²) in [6.45, 7) is 0. The van der Waals surface area contributed by atoms with Crippen molar-refractivity contribution in [2.24, 2.45) is 7.05 Å². The summed E-state index contributed by atoms with van der Waals surface area (Å²) < 4.78 is 5.53. The molecule has 1 amide bonds. The molecule has 2 N–H and O–H groups in total. The second-order valence-electron chi connectivity index (χ2n) is 3.78. The number of pyridine rings is 1. The first-order valence-electron chi connectivity index (χ1n) is 5.50. The van der Waals surface area contributed by atoms with Crippen molar-refractivity contribution in [3.63, 3.8) is 0 Å². The van der Waals surface area contributed by atoms with Crippen LogP contribution in [-0.2, 0) is 11.8 Å². The van der Waals surface area contributed by atoms with E-state index in [1.54, 1.807) is 0 Å². The lowest BCUT2D eigenvalue weighted by molar-refractivity contribution is 0.0600. The zero-order valence-corrected chi connectivity index (χ0v) is 10.7. The van der Waals surface area contributed by atoms with Gasteiger partial charge in [0.1, 0.15) is 5.82 Å². The van der Waals surface area contributed by atoms with Crippen molar-refractivity contribution in [3.05, 3.63) is 40.2 Å². The molecular formula is C11H11N5O4. The zero-order chi connectivity index (χ0) is 14.7. The Balaban J connectivity index is 2.12.